The summed E-state index contributed by atoms with van der Waals surface area (Å²) in [5, 5.41) is 36.8. The largest absolute Gasteiger partial charge is 0.479 e. The molecular weight excluding hydrogens is 521 g/mol. The van der Waals surface area contributed by atoms with Gasteiger partial charge in [-0.1, -0.05) is 5.21 Å². The molecule has 1 fully saturated rings. The molecule has 1 saturated heterocycles. The molecule has 35 heavy (non-hydrogen) atoms. The first-order valence-electron chi connectivity index (χ1n) is 11.3. The number of hydrogen-bond acceptors (Lipinski definition) is 8. The molecule has 3 N–H and O–H groups in total. The van der Waals surface area contributed by atoms with Crippen molar-refractivity contribution in [3.05, 3.63) is 58.5 Å². The smallest absolute Gasteiger partial charge is 0.169 e. The minimum absolute atomic E-state index is 0.278. The lowest BCUT2D eigenvalue weighted by molar-refractivity contribution is -0.00335. The summed E-state index contributed by atoms with van der Waals surface area (Å²) in [6.07, 6.45) is 4.14. The lowest BCUT2D eigenvalue weighted by atomic mass is 10.1. The van der Waals surface area contributed by atoms with Gasteiger partial charge in [-0.25, -0.2) is 13.6 Å². The first-order chi connectivity index (χ1) is 17.0. The Labute approximate surface area is 208 Å². The Morgan fingerprint density at radius 2 is 2.09 bits per heavy atom. The number of piperidine rings is 1. The number of aliphatic hydroxyl groups is 2. The van der Waals surface area contributed by atoms with Gasteiger partial charge in [-0.05, 0) is 67.0 Å². The van der Waals surface area contributed by atoms with Gasteiger partial charge >= 0.3 is 0 Å². The van der Waals surface area contributed by atoms with Crippen molar-refractivity contribution < 1.29 is 19.3 Å². The van der Waals surface area contributed by atoms with E-state index in [-0.39, 0.29) is 11.7 Å². The molecule has 4 aromatic rings. The average Bonchev–Trinajstić information content (AvgIpc) is 3.45. The molecule has 0 saturated carbocycles. The monoisotopic (exact) mass is 545 g/mol. The molecule has 2 atom stereocenters. The SMILES string of the molecule is Cc1c(-c2cc(OC(c3ccc(F)cn3)[C@H](O)CO)c3c(Br)cnn3c2)nnn1C1CCNCC1. The number of nitrogens with one attached hydrogen (secondary N) is 1. The minimum Gasteiger partial charge on any atom is -0.479 e. The summed E-state index contributed by atoms with van der Waals surface area (Å²) in [4.78, 5) is 4.05. The van der Waals surface area contributed by atoms with Crippen LogP contribution in [0.15, 0.2) is 41.3 Å². The van der Waals surface area contributed by atoms with E-state index < -0.39 is 24.6 Å². The van der Waals surface area contributed by atoms with Crippen LogP contribution in [0.4, 0.5) is 4.39 Å². The summed E-state index contributed by atoms with van der Waals surface area (Å²) in [6.45, 7) is 3.30. The van der Waals surface area contributed by atoms with Gasteiger partial charge < -0.3 is 20.3 Å². The highest BCUT2D eigenvalue weighted by atomic mass is 79.9. The topological polar surface area (TPSA) is 123 Å². The predicted octanol–water partition coefficient (Wildman–Crippen LogP) is 2.60. The summed E-state index contributed by atoms with van der Waals surface area (Å²) in [5.41, 5.74) is 3.25. The highest BCUT2D eigenvalue weighted by Gasteiger charge is 2.27. The number of nitrogens with zero attached hydrogens (tertiary/aromatic N) is 6. The maximum atomic E-state index is 13.4. The van der Waals surface area contributed by atoms with Crippen molar-refractivity contribution >= 4 is 21.4 Å². The zero-order valence-electron chi connectivity index (χ0n) is 19.0. The quantitative estimate of drug-likeness (QED) is 0.324. The number of aliphatic hydroxyl groups excluding tert-OH is 2. The maximum Gasteiger partial charge on any atom is 0.169 e. The molecule has 0 aliphatic carbocycles. The van der Waals surface area contributed by atoms with Crippen molar-refractivity contribution in [1.82, 2.24) is 34.9 Å². The van der Waals surface area contributed by atoms with E-state index >= 15 is 0 Å². The number of rotatable bonds is 7. The average molecular weight is 546 g/mol. The van der Waals surface area contributed by atoms with Crippen LogP contribution < -0.4 is 10.1 Å². The van der Waals surface area contributed by atoms with Gasteiger partial charge in [-0.2, -0.15) is 5.10 Å². The Morgan fingerprint density at radius 1 is 1.29 bits per heavy atom. The van der Waals surface area contributed by atoms with E-state index in [2.05, 4.69) is 41.6 Å². The zero-order valence-corrected chi connectivity index (χ0v) is 20.6. The fourth-order valence-electron chi connectivity index (χ4n) is 4.40. The van der Waals surface area contributed by atoms with Crippen LogP contribution >= 0.6 is 15.9 Å². The van der Waals surface area contributed by atoms with Gasteiger partial charge in [0.15, 0.2) is 6.10 Å². The molecule has 10 nitrogen and oxygen atoms in total. The van der Waals surface area contributed by atoms with Gasteiger partial charge in [0.2, 0.25) is 0 Å². The third-order valence-corrected chi connectivity index (χ3v) is 6.80. The van der Waals surface area contributed by atoms with Gasteiger partial charge in [0.25, 0.3) is 0 Å². The van der Waals surface area contributed by atoms with Crippen LogP contribution in [0.1, 0.15) is 36.4 Å². The minimum atomic E-state index is -1.29. The molecule has 1 unspecified atom stereocenters. The highest BCUT2D eigenvalue weighted by molar-refractivity contribution is 9.10. The Hall–Kier alpha value is -2.93. The number of ether oxygens (including phenoxy) is 1. The number of halogens is 2. The highest BCUT2D eigenvalue weighted by Crippen LogP contribution is 2.36. The van der Waals surface area contributed by atoms with E-state index in [4.69, 9.17) is 4.74 Å². The molecule has 4 aromatic heterocycles. The number of pyridine rings is 2. The molecular formula is C23H25BrFN7O3. The predicted molar refractivity (Wildman–Crippen MR) is 128 cm³/mol. The van der Waals surface area contributed by atoms with Crippen LogP contribution in [0.2, 0.25) is 0 Å². The molecule has 184 valence electrons. The van der Waals surface area contributed by atoms with Crippen molar-refractivity contribution in [2.75, 3.05) is 19.7 Å². The summed E-state index contributed by atoms with van der Waals surface area (Å²) in [6, 6.07) is 4.72. The van der Waals surface area contributed by atoms with E-state index in [0.717, 1.165) is 43.4 Å². The molecule has 1 aliphatic rings. The van der Waals surface area contributed by atoms with E-state index in [1.54, 1.807) is 16.8 Å². The molecule has 0 bridgehead atoms. The molecule has 0 spiro atoms. The second kappa shape index (κ2) is 9.97. The lowest BCUT2D eigenvalue weighted by Gasteiger charge is -2.24. The molecule has 5 heterocycles. The van der Waals surface area contributed by atoms with Crippen molar-refractivity contribution in [3.8, 4) is 17.0 Å². The van der Waals surface area contributed by atoms with Crippen molar-refractivity contribution in [1.29, 1.82) is 0 Å². The van der Waals surface area contributed by atoms with Crippen LogP contribution in [-0.2, 0) is 0 Å². The molecule has 1 aliphatic heterocycles. The van der Waals surface area contributed by atoms with Gasteiger partial charge in [0.05, 0.1) is 40.9 Å². The second-order valence-electron chi connectivity index (χ2n) is 8.52. The Morgan fingerprint density at radius 3 is 2.80 bits per heavy atom. The zero-order chi connectivity index (χ0) is 24.5. The van der Waals surface area contributed by atoms with Gasteiger partial charge in [-0.3, -0.25) is 4.98 Å². The molecule has 5 rings (SSSR count). The lowest BCUT2D eigenvalue weighted by Crippen LogP contribution is -2.30. The van der Waals surface area contributed by atoms with Crippen LogP contribution in [0.25, 0.3) is 16.8 Å². The summed E-state index contributed by atoms with van der Waals surface area (Å²) in [7, 11) is 0. The van der Waals surface area contributed by atoms with Crippen molar-refractivity contribution in [2.45, 2.75) is 38.0 Å². The standard InChI is InChI=1S/C23H25BrFN7O3/c1-13-21(29-30-32(13)16-4-6-26-7-5-16)14-8-20(22-17(24)10-28-31(22)11-14)35-23(19(34)12-33)18-3-2-15(25)9-27-18/h2-3,8-11,16,19,23,26,33-34H,4-7,12H2,1H3/t19-,23?/m1/s1. The first-order valence-corrected chi connectivity index (χ1v) is 12.1. The van der Waals surface area contributed by atoms with Gasteiger partial charge in [-0.15, -0.1) is 5.10 Å². The van der Waals surface area contributed by atoms with Crippen LogP contribution in [0.5, 0.6) is 5.75 Å². The van der Waals surface area contributed by atoms with Crippen molar-refractivity contribution in [3.63, 3.8) is 0 Å². The number of aromatic nitrogens is 6. The Balaban J connectivity index is 1.57. The Kier molecular flexibility index (Phi) is 6.78. The van der Waals surface area contributed by atoms with E-state index in [9.17, 15) is 14.6 Å². The van der Waals surface area contributed by atoms with Gasteiger partial charge in [0, 0.05) is 11.8 Å². The summed E-state index contributed by atoms with van der Waals surface area (Å²) >= 11 is 3.50. The first kappa shape index (κ1) is 23.8. The third kappa shape index (κ3) is 4.66. The maximum absolute atomic E-state index is 13.4. The van der Waals surface area contributed by atoms with E-state index in [1.807, 2.05) is 17.8 Å². The fraction of sp³-hybridized carbons (Fsp3) is 0.391. The van der Waals surface area contributed by atoms with E-state index in [0.29, 0.717) is 21.4 Å². The molecule has 0 amide bonds. The van der Waals surface area contributed by atoms with Gasteiger partial charge in [0.1, 0.15) is 28.9 Å². The molecule has 0 radical (unpaired) electrons. The normalized spacial score (nSPS) is 16.5. The third-order valence-electron chi connectivity index (χ3n) is 6.22. The summed E-state index contributed by atoms with van der Waals surface area (Å²) in [5.74, 6) is -0.132. The Bertz CT molecular complexity index is 1320. The van der Waals surface area contributed by atoms with Crippen LogP contribution in [-0.4, -0.2) is 65.6 Å². The van der Waals surface area contributed by atoms with Crippen molar-refractivity contribution in [2.24, 2.45) is 0 Å². The number of fused-ring (bicyclic) bond motifs is 1. The fourth-order valence-corrected chi connectivity index (χ4v) is 4.87. The molecule has 12 heteroatoms. The summed E-state index contributed by atoms with van der Waals surface area (Å²) < 4.78 is 24.0. The number of hydrogen-bond donors (Lipinski definition) is 3. The van der Waals surface area contributed by atoms with Crippen LogP contribution in [0.3, 0.4) is 0 Å². The van der Waals surface area contributed by atoms with E-state index in [1.165, 1.54) is 12.1 Å². The van der Waals surface area contributed by atoms with Crippen LogP contribution in [0, 0.1) is 12.7 Å². The molecule has 0 aromatic carbocycles. The second-order valence-corrected chi connectivity index (χ2v) is 9.37.